The van der Waals surface area contributed by atoms with Gasteiger partial charge in [0.25, 0.3) is 0 Å². The fraction of sp³-hybridized carbons (Fsp3) is 0.0500. The molecule has 0 aliphatic heterocycles. The fourth-order valence-corrected chi connectivity index (χ4v) is 3.38. The molecular weight excluding hydrogens is 402 g/mol. The van der Waals surface area contributed by atoms with Gasteiger partial charge in [-0.3, -0.25) is 14.8 Å². The lowest BCUT2D eigenvalue weighted by Crippen LogP contribution is -2.13. The number of pyridine rings is 2. The van der Waals surface area contributed by atoms with Crippen molar-refractivity contribution >= 4 is 28.1 Å². The number of carbonyl (C=O) groups excluding carboxylic acids is 1. The predicted molar refractivity (Wildman–Crippen MR) is 98.7 cm³/mol. The Labute approximate surface area is 165 Å². The van der Waals surface area contributed by atoms with E-state index in [1.807, 2.05) is 0 Å². The Hall–Kier alpha value is -3.95. The number of carbonyl (C=O) groups is 1. The van der Waals surface area contributed by atoms with Crippen molar-refractivity contribution in [1.29, 1.82) is 0 Å². The van der Waals surface area contributed by atoms with Gasteiger partial charge in [-0.25, -0.2) is 14.4 Å². The number of hydrogen-bond donors (Lipinski definition) is 1. The number of benzene rings is 1. The van der Waals surface area contributed by atoms with Crippen molar-refractivity contribution in [3.05, 3.63) is 72.0 Å². The highest BCUT2D eigenvalue weighted by Gasteiger charge is 2.38. The van der Waals surface area contributed by atoms with E-state index in [9.17, 15) is 22.4 Å². The first-order valence-corrected chi connectivity index (χ1v) is 8.61. The minimum atomic E-state index is -4.76. The van der Waals surface area contributed by atoms with Crippen LogP contribution in [0.4, 0.5) is 28.9 Å². The van der Waals surface area contributed by atoms with Crippen LogP contribution in [0.2, 0.25) is 0 Å². The van der Waals surface area contributed by atoms with Gasteiger partial charge < -0.3 is 5.32 Å². The molecule has 1 aliphatic rings. The molecule has 148 valence electrons. The van der Waals surface area contributed by atoms with Crippen LogP contribution in [0.25, 0.3) is 22.0 Å². The molecule has 0 atom stereocenters. The van der Waals surface area contributed by atoms with E-state index in [2.05, 4.69) is 25.3 Å². The average Bonchev–Trinajstić information content (AvgIpc) is 2.99. The number of halogens is 4. The van der Waals surface area contributed by atoms with Crippen molar-refractivity contribution in [1.82, 2.24) is 19.9 Å². The van der Waals surface area contributed by atoms with Gasteiger partial charge in [0.1, 0.15) is 11.5 Å². The third kappa shape index (κ3) is 2.84. The molecule has 1 aromatic carbocycles. The smallest absolute Gasteiger partial charge is 0.354 e. The SMILES string of the molecule is O=C1c2cnc3ccc(Nc4cncc(F)c4)cc3c2-c2cnc(C(F)(F)F)nc21. The van der Waals surface area contributed by atoms with Gasteiger partial charge in [0, 0.05) is 40.7 Å². The number of hydrogen-bond acceptors (Lipinski definition) is 6. The number of aromatic nitrogens is 4. The summed E-state index contributed by atoms with van der Waals surface area (Å²) in [5.74, 6) is -2.53. The lowest BCUT2D eigenvalue weighted by atomic mass is 10.0. The number of alkyl halides is 3. The molecular formula is C20H9F4N5O. The summed E-state index contributed by atoms with van der Waals surface area (Å²) in [7, 11) is 0. The standard InChI is InChI=1S/C20H9F4N5O/c21-9-3-11(6-25-5-9)28-10-1-2-15-12(4-10)16-13-7-27-19(20(22,23)24)29-17(13)18(30)14(16)8-26-15/h1-8,28H. The Bertz CT molecular complexity index is 1350. The summed E-state index contributed by atoms with van der Waals surface area (Å²) in [4.78, 5) is 27.5. The van der Waals surface area contributed by atoms with Gasteiger partial charge in [-0.1, -0.05) is 0 Å². The van der Waals surface area contributed by atoms with Gasteiger partial charge in [-0.2, -0.15) is 13.2 Å². The molecule has 30 heavy (non-hydrogen) atoms. The summed E-state index contributed by atoms with van der Waals surface area (Å²) >= 11 is 0. The van der Waals surface area contributed by atoms with E-state index < -0.39 is 23.6 Å². The third-order valence-corrected chi connectivity index (χ3v) is 4.63. The maximum absolute atomic E-state index is 13.4. The number of fused-ring (bicyclic) bond motifs is 5. The molecule has 0 unspecified atom stereocenters. The molecule has 0 saturated heterocycles. The first kappa shape index (κ1) is 18.1. The van der Waals surface area contributed by atoms with Crippen molar-refractivity contribution in [3.63, 3.8) is 0 Å². The van der Waals surface area contributed by atoms with E-state index in [1.165, 1.54) is 18.5 Å². The van der Waals surface area contributed by atoms with Gasteiger partial charge in [0.2, 0.25) is 11.6 Å². The zero-order valence-electron chi connectivity index (χ0n) is 14.8. The monoisotopic (exact) mass is 411 g/mol. The highest BCUT2D eigenvalue weighted by Crippen LogP contribution is 2.41. The van der Waals surface area contributed by atoms with Crippen molar-refractivity contribution in [2.75, 3.05) is 5.32 Å². The summed E-state index contributed by atoms with van der Waals surface area (Å²) in [6, 6.07) is 6.31. The van der Waals surface area contributed by atoms with Crippen LogP contribution in [0.1, 0.15) is 21.9 Å². The first-order chi connectivity index (χ1) is 14.3. The van der Waals surface area contributed by atoms with Crippen molar-refractivity contribution in [2.24, 2.45) is 0 Å². The largest absolute Gasteiger partial charge is 0.451 e. The molecule has 0 spiro atoms. The molecule has 1 aliphatic carbocycles. The zero-order valence-corrected chi connectivity index (χ0v) is 14.8. The van der Waals surface area contributed by atoms with Crippen LogP contribution < -0.4 is 5.32 Å². The predicted octanol–water partition coefficient (Wildman–Crippen LogP) is 4.53. The van der Waals surface area contributed by atoms with Crippen LogP contribution in [0, 0.1) is 5.82 Å². The quantitative estimate of drug-likeness (QED) is 0.430. The minimum absolute atomic E-state index is 0.149. The topological polar surface area (TPSA) is 80.7 Å². The molecule has 3 heterocycles. The van der Waals surface area contributed by atoms with Crippen LogP contribution in [0.3, 0.4) is 0 Å². The van der Waals surface area contributed by atoms with E-state index in [0.717, 1.165) is 12.4 Å². The van der Waals surface area contributed by atoms with Gasteiger partial charge in [-0.15, -0.1) is 0 Å². The Morgan fingerprint density at radius 2 is 1.70 bits per heavy atom. The van der Waals surface area contributed by atoms with E-state index in [4.69, 9.17) is 0 Å². The van der Waals surface area contributed by atoms with Crippen LogP contribution in [-0.4, -0.2) is 25.7 Å². The molecule has 0 radical (unpaired) electrons. The molecule has 0 fully saturated rings. The van der Waals surface area contributed by atoms with Crippen molar-refractivity contribution in [3.8, 4) is 11.1 Å². The maximum atomic E-state index is 13.4. The van der Waals surface area contributed by atoms with Crippen LogP contribution in [0.15, 0.2) is 49.1 Å². The number of ketones is 1. The van der Waals surface area contributed by atoms with E-state index >= 15 is 0 Å². The average molecular weight is 411 g/mol. The second-order valence-electron chi connectivity index (χ2n) is 6.58. The second-order valence-corrected chi connectivity index (χ2v) is 6.58. The summed E-state index contributed by atoms with van der Waals surface area (Å²) in [5.41, 5.74) is 1.94. The summed E-state index contributed by atoms with van der Waals surface area (Å²) in [6.07, 6.45) is 0.0658. The van der Waals surface area contributed by atoms with E-state index in [-0.39, 0.29) is 16.8 Å². The second kappa shape index (κ2) is 6.28. The Morgan fingerprint density at radius 3 is 2.47 bits per heavy atom. The lowest BCUT2D eigenvalue weighted by Gasteiger charge is -2.10. The zero-order chi connectivity index (χ0) is 21.0. The summed E-state index contributed by atoms with van der Waals surface area (Å²) in [5, 5.41) is 3.52. The highest BCUT2D eigenvalue weighted by atomic mass is 19.4. The van der Waals surface area contributed by atoms with Crippen molar-refractivity contribution < 1.29 is 22.4 Å². The number of anilines is 2. The molecule has 3 aromatic heterocycles. The third-order valence-electron chi connectivity index (χ3n) is 4.63. The molecule has 6 nitrogen and oxygen atoms in total. The molecule has 10 heteroatoms. The molecule has 0 amide bonds. The van der Waals surface area contributed by atoms with E-state index in [1.54, 1.807) is 18.2 Å². The fourth-order valence-electron chi connectivity index (χ4n) is 3.38. The van der Waals surface area contributed by atoms with Crippen molar-refractivity contribution in [2.45, 2.75) is 6.18 Å². The van der Waals surface area contributed by atoms with Gasteiger partial charge in [0.15, 0.2) is 0 Å². The molecule has 5 rings (SSSR count). The molecule has 0 bridgehead atoms. The summed E-state index contributed by atoms with van der Waals surface area (Å²) < 4.78 is 52.3. The molecule has 0 saturated carbocycles. The number of rotatable bonds is 2. The van der Waals surface area contributed by atoms with Gasteiger partial charge >= 0.3 is 6.18 Å². The Balaban J connectivity index is 1.66. The van der Waals surface area contributed by atoms with E-state index in [0.29, 0.717) is 27.8 Å². The lowest BCUT2D eigenvalue weighted by molar-refractivity contribution is -0.145. The molecule has 4 aromatic rings. The first-order valence-electron chi connectivity index (χ1n) is 8.61. The number of nitrogens with one attached hydrogen (secondary N) is 1. The van der Waals surface area contributed by atoms with Crippen LogP contribution >= 0.6 is 0 Å². The number of nitrogens with zero attached hydrogens (tertiary/aromatic N) is 4. The summed E-state index contributed by atoms with van der Waals surface area (Å²) in [6.45, 7) is 0. The van der Waals surface area contributed by atoms with Crippen LogP contribution in [-0.2, 0) is 6.18 Å². The minimum Gasteiger partial charge on any atom is -0.354 e. The van der Waals surface area contributed by atoms with Crippen LogP contribution in [0.5, 0.6) is 0 Å². The Kier molecular flexibility index (Phi) is 3.79. The highest BCUT2D eigenvalue weighted by molar-refractivity contribution is 6.24. The maximum Gasteiger partial charge on any atom is 0.451 e. The Morgan fingerprint density at radius 1 is 0.900 bits per heavy atom. The normalized spacial score (nSPS) is 12.7. The van der Waals surface area contributed by atoms with Gasteiger partial charge in [-0.05, 0) is 18.2 Å². The molecule has 1 N–H and O–H groups in total. The van der Waals surface area contributed by atoms with Gasteiger partial charge in [0.05, 0.1) is 29.2 Å².